The molecule has 1 heterocycles. The van der Waals surface area contributed by atoms with Crippen molar-refractivity contribution in [1.29, 1.82) is 0 Å². The molecule has 28 heavy (non-hydrogen) atoms. The Kier molecular flexibility index (Phi) is 6.55. The summed E-state index contributed by atoms with van der Waals surface area (Å²) in [4.78, 5) is 25.2. The number of benzene rings is 2. The van der Waals surface area contributed by atoms with Crippen LogP contribution in [0.3, 0.4) is 0 Å². The highest BCUT2D eigenvalue weighted by Gasteiger charge is 2.16. The Bertz CT molecular complexity index is 862. The van der Waals surface area contributed by atoms with Gasteiger partial charge in [0.15, 0.2) is 0 Å². The van der Waals surface area contributed by atoms with Crippen molar-refractivity contribution in [2.45, 2.75) is 26.3 Å². The number of likely N-dealkylation sites (tertiary alicyclic amines) is 1. The Morgan fingerprint density at radius 2 is 2.00 bits per heavy atom. The number of nitro groups is 1. The van der Waals surface area contributed by atoms with Crippen molar-refractivity contribution in [3.8, 4) is 0 Å². The largest absolute Gasteiger partial charge is 0.323 e. The molecule has 1 N–H and O–H groups in total. The van der Waals surface area contributed by atoms with Crippen LogP contribution >= 0.6 is 0 Å². The maximum Gasteiger partial charge on any atom is 0.276 e. The van der Waals surface area contributed by atoms with E-state index in [0.29, 0.717) is 11.3 Å². The predicted octanol–water partition coefficient (Wildman–Crippen LogP) is 4.48. The van der Waals surface area contributed by atoms with Crippen LogP contribution < -0.4 is 5.32 Å². The summed E-state index contributed by atoms with van der Waals surface area (Å²) in [5.74, 6) is 0.426. The first kappa shape index (κ1) is 19.8. The number of hydrogen-bond acceptors (Lipinski definition) is 4. The lowest BCUT2D eigenvalue weighted by molar-refractivity contribution is -0.385. The maximum absolute atomic E-state index is 12.1. The molecule has 2 aromatic rings. The molecule has 1 atom stereocenters. The van der Waals surface area contributed by atoms with Gasteiger partial charge in [-0.1, -0.05) is 31.2 Å². The lowest BCUT2D eigenvalue weighted by atomic mass is 10.00. The molecule has 0 saturated carbocycles. The van der Waals surface area contributed by atoms with Crippen LogP contribution in [0.15, 0.2) is 54.6 Å². The van der Waals surface area contributed by atoms with Crippen LogP contribution in [0, 0.1) is 16.0 Å². The van der Waals surface area contributed by atoms with Crippen molar-refractivity contribution in [1.82, 2.24) is 4.90 Å². The zero-order chi connectivity index (χ0) is 19.9. The number of carbonyl (C=O) groups is 1. The van der Waals surface area contributed by atoms with Gasteiger partial charge >= 0.3 is 0 Å². The lowest BCUT2D eigenvalue weighted by Crippen LogP contribution is -2.33. The molecule has 0 aliphatic carbocycles. The van der Waals surface area contributed by atoms with Gasteiger partial charge in [-0.3, -0.25) is 19.8 Å². The van der Waals surface area contributed by atoms with Crippen molar-refractivity contribution >= 4 is 23.4 Å². The number of carbonyl (C=O) groups excluding carboxylic acids is 1. The summed E-state index contributed by atoms with van der Waals surface area (Å²) in [6.07, 6.45) is 5.33. The first-order valence-electron chi connectivity index (χ1n) is 9.55. The minimum absolute atomic E-state index is 0.0251. The monoisotopic (exact) mass is 379 g/mol. The third-order valence-corrected chi connectivity index (χ3v) is 4.92. The SMILES string of the molecule is CC1CCCN(Cc2ccc(NC(=O)/C=C/c3ccccc3[N+](=O)[O-])cc2)C1. The summed E-state index contributed by atoms with van der Waals surface area (Å²) in [6, 6.07) is 14.2. The highest BCUT2D eigenvalue weighted by molar-refractivity contribution is 6.02. The van der Waals surface area contributed by atoms with E-state index in [1.807, 2.05) is 24.3 Å². The fourth-order valence-corrected chi connectivity index (χ4v) is 3.53. The Morgan fingerprint density at radius 1 is 1.25 bits per heavy atom. The van der Waals surface area contributed by atoms with Gasteiger partial charge in [0.05, 0.1) is 10.5 Å². The Morgan fingerprint density at radius 3 is 2.71 bits per heavy atom. The molecule has 0 bridgehead atoms. The van der Waals surface area contributed by atoms with Gasteiger partial charge in [-0.2, -0.15) is 0 Å². The van der Waals surface area contributed by atoms with Gasteiger partial charge in [-0.05, 0) is 55.1 Å². The van der Waals surface area contributed by atoms with E-state index in [4.69, 9.17) is 0 Å². The molecular formula is C22H25N3O3. The molecule has 0 aromatic heterocycles. The molecule has 0 radical (unpaired) electrons. The van der Waals surface area contributed by atoms with Gasteiger partial charge in [0.25, 0.3) is 5.69 Å². The van der Waals surface area contributed by atoms with Gasteiger partial charge < -0.3 is 5.32 Å². The minimum Gasteiger partial charge on any atom is -0.323 e. The minimum atomic E-state index is -0.459. The number of hydrogen-bond donors (Lipinski definition) is 1. The number of para-hydroxylation sites is 1. The van der Waals surface area contributed by atoms with E-state index in [-0.39, 0.29) is 11.6 Å². The smallest absolute Gasteiger partial charge is 0.276 e. The van der Waals surface area contributed by atoms with Crippen LogP contribution in [0.4, 0.5) is 11.4 Å². The van der Waals surface area contributed by atoms with E-state index in [1.54, 1.807) is 18.2 Å². The molecule has 0 spiro atoms. The third kappa shape index (κ3) is 5.50. The molecule has 3 rings (SSSR count). The van der Waals surface area contributed by atoms with E-state index in [1.165, 1.54) is 36.6 Å². The second kappa shape index (κ2) is 9.28. The number of nitrogens with one attached hydrogen (secondary N) is 1. The van der Waals surface area contributed by atoms with E-state index >= 15 is 0 Å². The van der Waals surface area contributed by atoms with Gasteiger partial charge in [-0.15, -0.1) is 0 Å². The van der Waals surface area contributed by atoms with Crippen molar-refractivity contribution in [2.24, 2.45) is 5.92 Å². The summed E-state index contributed by atoms with van der Waals surface area (Å²) in [6.45, 7) is 5.49. The number of rotatable bonds is 6. The molecule has 1 unspecified atom stereocenters. The van der Waals surface area contributed by atoms with Crippen LogP contribution in [-0.4, -0.2) is 28.8 Å². The lowest BCUT2D eigenvalue weighted by Gasteiger charge is -2.30. The summed E-state index contributed by atoms with van der Waals surface area (Å²) < 4.78 is 0. The number of amides is 1. The first-order chi connectivity index (χ1) is 13.5. The van der Waals surface area contributed by atoms with Crippen molar-refractivity contribution in [3.63, 3.8) is 0 Å². The highest BCUT2D eigenvalue weighted by Crippen LogP contribution is 2.20. The second-order valence-electron chi connectivity index (χ2n) is 7.32. The number of nitro benzene ring substituents is 1. The molecule has 1 amide bonds. The average molecular weight is 379 g/mol. The van der Waals surface area contributed by atoms with Crippen LogP contribution in [0.2, 0.25) is 0 Å². The van der Waals surface area contributed by atoms with Gasteiger partial charge in [-0.25, -0.2) is 0 Å². The molecule has 1 saturated heterocycles. The molecule has 6 heteroatoms. The van der Waals surface area contributed by atoms with Crippen molar-refractivity contribution < 1.29 is 9.72 Å². The van der Waals surface area contributed by atoms with E-state index in [2.05, 4.69) is 17.1 Å². The average Bonchev–Trinajstić information content (AvgIpc) is 2.68. The zero-order valence-corrected chi connectivity index (χ0v) is 16.0. The van der Waals surface area contributed by atoms with E-state index in [9.17, 15) is 14.9 Å². The Labute approximate surface area is 165 Å². The molecular weight excluding hydrogens is 354 g/mol. The van der Waals surface area contributed by atoms with Crippen molar-refractivity contribution in [2.75, 3.05) is 18.4 Å². The standard InChI is InChI=1S/C22H25N3O3/c1-17-5-4-14-24(15-17)16-18-8-11-20(12-9-18)23-22(26)13-10-19-6-2-3-7-21(19)25(27)28/h2-3,6-13,17H,4-5,14-16H2,1H3,(H,23,26)/b13-10+. The normalized spacial score (nSPS) is 17.5. The maximum atomic E-state index is 12.1. The fraction of sp³-hybridized carbons (Fsp3) is 0.318. The summed E-state index contributed by atoms with van der Waals surface area (Å²) in [7, 11) is 0. The predicted molar refractivity (Wildman–Crippen MR) is 111 cm³/mol. The Hall–Kier alpha value is -2.99. The fourth-order valence-electron chi connectivity index (χ4n) is 3.53. The summed E-state index contributed by atoms with van der Waals surface area (Å²) >= 11 is 0. The molecule has 1 fully saturated rings. The van der Waals surface area contributed by atoms with Crippen LogP contribution in [-0.2, 0) is 11.3 Å². The van der Waals surface area contributed by atoms with Crippen molar-refractivity contribution in [3.05, 3.63) is 75.8 Å². The number of nitrogens with zero attached hydrogens (tertiary/aromatic N) is 2. The van der Waals surface area contributed by atoms with E-state index in [0.717, 1.165) is 25.6 Å². The molecule has 1 aliphatic rings. The molecule has 6 nitrogen and oxygen atoms in total. The second-order valence-corrected chi connectivity index (χ2v) is 7.32. The first-order valence-corrected chi connectivity index (χ1v) is 9.55. The molecule has 2 aromatic carbocycles. The molecule has 146 valence electrons. The quantitative estimate of drug-likeness (QED) is 0.456. The van der Waals surface area contributed by atoms with Gasteiger partial charge in [0.1, 0.15) is 0 Å². The topological polar surface area (TPSA) is 75.5 Å². The Balaban J connectivity index is 1.56. The zero-order valence-electron chi connectivity index (χ0n) is 16.0. The number of piperidine rings is 1. The number of anilines is 1. The molecule has 1 aliphatic heterocycles. The summed E-state index contributed by atoms with van der Waals surface area (Å²) in [5.41, 5.74) is 2.30. The summed E-state index contributed by atoms with van der Waals surface area (Å²) in [5, 5.41) is 13.8. The van der Waals surface area contributed by atoms with Gasteiger partial charge in [0, 0.05) is 30.9 Å². The highest BCUT2D eigenvalue weighted by atomic mass is 16.6. The van der Waals surface area contributed by atoms with Crippen LogP contribution in [0.25, 0.3) is 6.08 Å². The van der Waals surface area contributed by atoms with Crippen LogP contribution in [0.1, 0.15) is 30.9 Å². The third-order valence-electron chi connectivity index (χ3n) is 4.92. The van der Waals surface area contributed by atoms with E-state index < -0.39 is 4.92 Å². The van der Waals surface area contributed by atoms with Crippen LogP contribution in [0.5, 0.6) is 0 Å². The van der Waals surface area contributed by atoms with Gasteiger partial charge in [0.2, 0.25) is 5.91 Å².